The Morgan fingerprint density at radius 1 is 1.57 bits per heavy atom. The molecule has 14 heavy (non-hydrogen) atoms. The Bertz CT molecular complexity index is 373. The van der Waals surface area contributed by atoms with Gasteiger partial charge in [0, 0.05) is 5.02 Å². The zero-order valence-electron chi connectivity index (χ0n) is 8.22. The van der Waals surface area contributed by atoms with Crippen molar-refractivity contribution in [1.29, 1.82) is 0 Å². The number of halogens is 1. The molecule has 0 radical (unpaired) electrons. The Balaban J connectivity index is 2.36. The first-order valence-electron chi connectivity index (χ1n) is 4.74. The van der Waals surface area contributed by atoms with E-state index in [0.717, 1.165) is 23.6 Å². The van der Waals surface area contributed by atoms with Gasteiger partial charge in [-0.1, -0.05) is 18.2 Å². The van der Waals surface area contributed by atoms with Gasteiger partial charge in [0.2, 0.25) is 0 Å². The predicted molar refractivity (Wildman–Crippen MR) is 59.0 cm³/mol. The molecule has 0 saturated heterocycles. The molecule has 1 aliphatic rings. The summed E-state index contributed by atoms with van der Waals surface area (Å²) >= 11 is 5.91. The molecule has 0 aromatic heterocycles. The molecule has 0 bridgehead atoms. The lowest BCUT2D eigenvalue weighted by Gasteiger charge is -2.33. The molecular formula is C12H13ClO. The molecule has 0 amide bonds. The van der Waals surface area contributed by atoms with E-state index in [1.54, 1.807) is 0 Å². The van der Waals surface area contributed by atoms with E-state index in [0.29, 0.717) is 0 Å². The largest absolute Gasteiger partial charge is 0.483 e. The Morgan fingerprint density at radius 3 is 3.07 bits per heavy atom. The summed E-state index contributed by atoms with van der Waals surface area (Å²) in [6, 6.07) is 5.76. The third-order valence-corrected chi connectivity index (χ3v) is 2.92. The van der Waals surface area contributed by atoms with Crippen molar-refractivity contribution in [3.05, 3.63) is 41.4 Å². The monoisotopic (exact) mass is 208 g/mol. The van der Waals surface area contributed by atoms with Gasteiger partial charge in [0.15, 0.2) is 0 Å². The first-order valence-corrected chi connectivity index (χ1v) is 5.12. The summed E-state index contributed by atoms with van der Waals surface area (Å²) in [5.74, 6) is 0.933. The van der Waals surface area contributed by atoms with Crippen molar-refractivity contribution in [3.63, 3.8) is 0 Å². The van der Waals surface area contributed by atoms with Gasteiger partial charge in [-0.05, 0) is 49.6 Å². The highest BCUT2D eigenvalue weighted by atomic mass is 35.5. The van der Waals surface area contributed by atoms with Crippen molar-refractivity contribution < 1.29 is 4.74 Å². The zero-order valence-corrected chi connectivity index (χ0v) is 8.97. The smallest absolute Gasteiger partial charge is 0.124 e. The van der Waals surface area contributed by atoms with Crippen molar-refractivity contribution >= 4 is 11.6 Å². The maximum atomic E-state index is 5.91. The molecule has 0 spiro atoms. The van der Waals surface area contributed by atoms with Gasteiger partial charge in [0.05, 0.1) is 0 Å². The van der Waals surface area contributed by atoms with Crippen LogP contribution in [0.4, 0.5) is 0 Å². The number of aryl methyl sites for hydroxylation is 1. The van der Waals surface area contributed by atoms with Crippen LogP contribution in [0.3, 0.4) is 0 Å². The molecule has 1 aromatic carbocycles. The van der Waals surface area contributed by atoms with E-state index in [-0.39, 0.29) is 5.60 Å². The van der Waals surface area contributed by atoms with E-state index in [1.807, 2.05) is 24.3 Å². The van der Waals surface area contributed by atoms with Crippen LogP contribution in [0.5, 0.6) is 5.75 Å². The summed E-state index contributed by atoms with van der Waals surface area (Å²) in [5, 5.41) is 0.773. The molecule has 0 saturated carbocycles. The number of ether oxygens (including phenoxy) is 1. The van der Waals surface area contributed by atoms with E-state index in [4.69, 9.17) is 16.3 Å². The van der Waals surface area contributed by atoms with Crippen LogP contribution in [0.1, 0.15) is 18.9 Å². The van der Waals surface area contributed by atoms with Crippen LogP contribution in [0.15, 0.2) is 30.9 Å². The molecule has 1 atom stereocenters. The Morgan fingerprint density at radius 2 is 2.36 bits per heavy atom. The predicted octanol–water partition coefficient (Wildman–Crippen LogP) is 3.61. The maximum Gasteiger partial charge on any atom is 0.124 e. The average molecular weight is 209 g/mol. The van der Waals surface area contributed by atoms with Gasteiger partial charge >= 0.3 is 0 Å². The van der Waals surface area contributed by atoms with E-state index >= 15 is 0 Å². The molecule has 1 aromatic rings. The highest BCUT2D eigenvalue weighted by molar-refractivity contribution is 6.30. The topological polar surface area (TPSA) is 9.23 Å². The molecule has 0 aliphatic carbocycles. The van der Waals surface area contributed by atoms with Gasteiger partial charge in [-0.15, -0.1) is 0 Å². The summed E-state index contributed by atoms with van der Waals surface area (Å²) in [5.41, 5.74) is 0.970. The van der Waals surface area contributed by atoms with Crippen LogP contribution in [0.2, 0.25) is 5.02 Å². The van der Waals surface area contributed by atoms with E-state index in [1.165, 1.54) is 5.56 Å². The van der Waals surface area contributed by atoms with Crippen molar-refractivity contribution in [2.75, 3.05) is 0 Å². The Hall–Kier alpha value is -0.950. The molecule has 1 aliphatic heterocycles. The lowest BCUT2D eigenvalue weighted by Crippen LogP contribution is -2.33. The van der Waals surface area contributed by atoms with Gasteiger partial charge in [-0.25, -0.2) is 0 Å². The second kappa shape index (κ2) is 3.32. The molecule has 1 nitrogen and oxygen atoms in total. The number of hydrogen-bond donors (Lipinski definition) is 0. The highest BCUT2D eigenvalue weighted by Crippen LogP contribution is 2.34. The summed E-state index contributed by atoms with van der Waals surface area (Å²) in [6.45, 7) is 5.85. The van der Waals surface area contributed by atoms with Gasteiger partial charge < -0.3 is 4.74 Å². The average Bonchev–Trinajstić information content (AvgIpc) is 2.19. The van der Waals surface area contributed by atoms with Crippen LogP contribution >= 0.6 is 11.6 Å². The third-order valence-electron chi connectivity index (χ3n) is 2.69. The molecule has 2 heteroatoms. The summed E-state index contributed by atoms with van der Waals surface area (Å²) in [7, 11) is 0. The van der Waals surface area contributed by atoms with E-state index in [2.05, 4.69) is 13.5 Å². The van der Waals surface area contributed by atoms with Crippen LogP contribution in [0, 0.1) is 0 Å². The fourth-order valence-corrected chi connectivity index (χ4v) is 1.87. The van der Waals surface area contributed by atoms with Gasteiger partial charge in [0.25, 0.3) is 0 Å². The Labute approximate surface area is 89.3 Å². The molecule has 0 N–H and O–H groups in total. The molecular weight excluding hydrogens is 196 g/mol. The van der Waals surface area contributed by atoms with Crippen molar-refractivity contribution in [2.45, 2.75) is 25.4 Å². The standard InChI is InChI=1S/C12H13ClO/c1-3-12(2)7-6-9-8-10(13)4-5-11(9)14-12/h3-5,8H,1,6-7H2,2H3. The highest BCUT2D eigenvalue weighted by Gasteiger charge is 2.28. The normalized spacial score (nSPS) is 25.0. The first kappa shape index (κ1) is 9.60. The maximum absolute atomic E-state index is 5.91. The number of rotatable bonds is 1. The molecule has 2 rings (SSSR count). The van der Waals surface area contributed by atoms with E-state index in [9.17, 15) is 0 Å². The SMILES string of the molecule is C=CC1(C)CCc2cc(Cl)ccc2O1. The van der Waals surface area contributed by atoms with Crippen LogP contribution in [0.25, 0.3) is 0 Å². The number of benzene rings is 1. The molecule has 74 valence electrons. The lowest BCUT2D eigenvalue weighted by molar-refractivity contribution is 0.115. The number of fused-ring (bicyclic) bond motifs is 1. The second-order valence-corrected chi connectivity index (χ2v) is 4.31. The van der Waals surface area contributed by atoms with Gasteiger partial charge in [0.1, 0.15) is 11.4 Å². The van der Waals surface area contributed by atoms with Crippen molar-refractivity contribution in [2.24, 2.45) is 0 Å². The third kappa shape index (κ3) is 1.64. The summed E-state index contributed by atoms with van der Waals surface area (Å²) in [6.07, 6.45) is 3.83. The first-order chi connectivity index (χ1) is 6.63. The lowest BCUT2D eigenvalue weighted by atomic mass is 9.93. The Kier molecular flexibility index (Phi) is 2.28. The minimum atomic E-state index is -0.221. The molecule has 1 unspecified atom stereocenters. The fraction of sp³-hybridized carbons (Fsp3) is 0.333. The van der Waals surface area contributed by atoms with Crippen LogP contribution in [-0.4, -0.2) is 5.60 Å². The summed E-state index contributed by atoms with van der Waals surface area (Å²) < 4.78 is 5.85. The molecule has 0 fully saturated rings. The van der Waals surface area contributed by atoms with Gasteiger partial charge in [-0.3, -0.25) is 0 Å². The zero-order chi connectivity index (χ0) is 10.2. The van der Waals surface area contributed by atoms with Crippen LogP contribution in [-0.2, 0) is 6.42 Å². The quantitative estimate of drug-likeness (QED) is 0.641. The van der Waals surface area contributed by atoms with E-state index < -0.39 is 0 Å². The number of hydrogen-bond acceptors (Lipinski definition) is 1. The fourth-order valence-electron chi connectivity index (χ4n) is 1.67. The second-order valence-electron chi connectivity index (χ2n) is 3.87. The summed E-state index contributed by atoms with van der Waals surface area (Å²) in [4.78, 5) is 0. The van der Waals surface area contributed by atoms with Crippen molar-refractivity contribution in [3.8, 4) is 5.75 Å². The van der Waals surface area contributed by atoms with Gasteiger partial charge in [-0.2, -0.15) is 0 Å². The van der Waals surface area contributed by atoms with Crippen LogP contribution < -0.4 is 4.74 Å². The van der Waals surface area contributed by atoms with Crippen molar-refractivity contribution in [1.82, 2.24) is 0 Å². The minimum Gasteiger partial charge on any atom is -0.483 e. The molecule has 1 heterocycles. The minimum absolute atomic E-state index is 0.221.